The number of methoxy groups -OCH3 is 1. The molecule has 0 radical (unpaired) electrons. The maximum Gasteiger partial charge on any atom is 0.315 e. The third-order valence-electron chi connectivity index (χ3n) is 12.2. The molecule has 2 fully saturated rings. The zero-order valence-electron chi connectivity index (χ0n) is 36.3. The van der Waals surface area contributed by atoms with E-state index in [1.165, 1.54) is 7.11 Å². The molecule has 2 aliphatic heterocycles. The molecule has 7 rings (SSSR count). The first-order valence-electron chi connectivity index (χ1n) is 21.7. The number of nitrogens with one attached hydrogen (secondary N) is 4. The summed E-state index contributed by atoms with van der Waals surface area (Å²) < 4.78 is 31.9. The number of pyridine rings is 1. The second-order valence-electron chi connectivity index (χ2n) is 16.6. The van der Waals surface area contributed by atoms with Crippen LogP contribution in [0.1, 0.15) is 82.9 Å². The number of ether oxygens (including phenoxy) is 3. The molecule has 4 aromatic rings. The third-order valence-corrected chi connectivity index (χ3v) is 12.2. The number of aromatic nitrogens is 1. The lowest BCUT2D eigenvalue weighted by atomic mass is 9.82. The largest absolute Gasteiger partial charge is 0.496 e. The zero-order chi connectivity index (χ0) is 45.3. The quantitative estimate of drug-likeness (QED) is 0.0568. The molecule has 336 valence electrons. The van der Waals surface area contributed by atoms with E-state index in [9.17, 15) is 28.4 Å². The van der Waals surface area contributed by atoms with Crippen LogP contribution in [0.3, 0.4) is 0 Å². The van der Waals surface area contributed by atoms with E-state index >= 15 is 0 Å². The summed E-state index contributed by atoms with van der Waals surface area (Å²) in [7, 11) is 3.55. The minimum absolute atomic E-state index is 0.0232. The Hall–Kier alpha value is -6.73. The molecule has 16 heteroatoms. The number of urea groups is 1. The van der Waals surface area contributed by atoms with Crippen molar-refractivity contribution in [2.75, 3.05) is 40.4 Å². The van der Waals surface area contributed by atoms with Gasteiger partial charge in [-0.3, -0.25) is 24.5 Å². The summed E-state index contributed by atoms with van der Waals surface area (Å²) in [5.74, 6) is 6.28. The smallest absolute Gasteiger partial charge is 0.315 e. The molecular weight excluding hydrogens is 822 g/mol. The van der Waals surface area contributed by atoms with Crippen molar-refractivity contribution in [3.8, 4) is 35.0 Å². The topological polar surface area (TPSA) is 203 Å². The highest BCUT2D eigenvalue weighted by Crippen LogP contribution is 2.35. The number of carbonyl (C=O) groups excluding carboxylic acids is 5. The number of fused-ring (bicyclic) bond motifs is 2. The molecule has 0 bridgehead atoms. The molecule has 6 amide bonds. The van der Waals surface area contributed by atoms with Crippen molar-refractivity contribution in [1.82, 2.24) is 31.2 Å². The molecule has 1 aromatic heterocycles. The van der Waals surface area contributed by atoms with Crippen molar-refractivity contribution < 1.29 is 42.6 Å². The number of nitrogens with two attached hydrogens (primary N) is 1. The van der Waals surface area contributed by atoms with Gasteiger partial charge in [0, 0.05) is 48.4 Å². The Morgan fingerprint density at radius 1 is 1.02 bits per heavy atom. The summed E-state index contributed by atoms with van der Waals surface area (Å²) in [6.45, 7) is 4.51. The Labute approximate surface area is 371 Å². The first-order chi connectivity index (χ1) is 30.9. The molecule has 1 saturated carbocycles. The summed E-state index contributed by atoms with van der Waals surface area (Å²) in [5.41, 5.74) is 8.37. The number of alkyl halides is 1. The van der Waals surface area contributed by atoms with Crippen LogP contribution in [0.15, 0.2) is 60.8 Å². The van der Waals surface area contributed by atoms with Gasteiger partial charge in [-0.15, -0.1) is 0 Å². The lowest BCUT2D eigenvalue weighted by Crippen LogP contribution is -2.37. The molecule has 3 atom stereocenters. The summed E-state index contributed by atoms with van der Waals surface area (Å²) in [6, 6.07) is 14.9. The first kappa shape index (κ1) is 45.3. The van der Waals surface area contributed by atoms with E-state index in [0.29, 0.717) is 64.4 Å². The van der Waals surface area contributed by atoms with Crippen LogP contribution in [-0.2, 0) is 22.6 Å². The number of carbonyl (C=O) groups is 5. The Kier molecular flexibility index (Phi) is 14.6. The van der Waals surface area contributed by atoms with Gasteiger partial charge in [0.15, 0.2) is 6.17 Å². The fraction of sp³-hybridized carbons (Fsp3) is 0.417. The standard InChI is InChI=1S/C48H54FN7O8/c1-4-34-38(54-46(60)43(34)49)27-63-47-36-23-40(62-3)37(44(50)58)22-35(36)32(25-52-47)16-13-28-9-11-30(12-10-28)26-56(2)20-6-19-51-48(61)53-24-29-14-17-33(18-15-29)64-39-8-5-7-31-21-41(57)55-45(59)42(31)39/h5,7-8,14-15,17-18,22-23,25,28,30,34,38,43H,4,6,9-12,19-21,24,26-27H2,1-3H3,(H2,50,58)(H,54,60)(H2,51,53,61)(H,55,57,59)/t28?,30?,34-,38+,43-/m0/s1. The summed E-state index contributed by atoms with van der Waals surface area (Å²) in [6.07, 6.45) is 5.39. The molecule has 64 heavy (non-hydrogen) atoms. The number of imide groups is 1. The van der Waals surface area contributed by atoms with Crippen LogP contribution >= 0.6 is 0 Å². The average molecular weight is 876 g/mol. The van der Waals surface area contributed by atoms with Crippen molar-refractivity contribution in [2.24, 2.45) is 23.5 Å². The Balaban J connectivity index is 0.837. The monoisotopic (exact) mass is 875 g/mol. The summed E-state index contributed by atoms with van der Waals surface area (Å²) in [5, 5.41) is 12.0. The lowest BCUT2D eigenvalue weighted by molar-refractivity contribution is -0.124. The van der Waals surface area contributed by atoms with Crippen molar-refractivity contribution in [3.63, 3.8) is 0 Å². The number of primary amides is 1. The number of rotatable bonds is 16. The molecule has 1 saturated heterocycles. The van der Waals surface area contributed by atoms with Gasteiger partial charge in [0.25, 0.3) is 17.7 Å². The molecule has 15 nitrogen and oxygen atoms in total. The van der Waals surface area contributed by atoms with Crippen molar-refractivity contribution in [1.29, 1.82) is 0 Å². The molecule has 0 unspecified atom stereocenters. The minimum Gasteiger partial charge on any atom is -0.496 e. The fourth-order valence-electron chi connectivity index (χ4n) is 8.68. The van der Waals surface area contributed by atoms with E-state index in [0.717, 1.165) is 50.8 Å². The van der Waals surface area contributed by atoms with Crippen LogP contribution in [-0.4, -0.2) is 92.2 Å². The Bertz CT molecular complexity index is 2460. The predicted molar refractivity (Wildman–Crippen MR) is 237 cm³/mol. The molecule has 0 spiro atoms. The van der Waals surface area contributed by atoms with E-state index in [1.54, 1.807) is 48.7 Å². The maximum absolute atomic E-state index is 14.4. The minimum atomic E-state index is -1.59. The number of nitrogens with zero attached hydrogens (tertiary/aromatic N) is 2. The summed E-state index contributed by atoms with van der Waals surface area (Å²) >= 11 is 0. The van der Waals surface area contributed by atoms with Gasteiger partial charge < -0.3 is 40.8 Å². The molecule has 3 heterocycles. The SMILES string of the molecule is CC[C@@H]1[C@H](F)C(=O)N[C@@H]1COc1ncc(C#CC2CCC(CN(C)CCCNC(=O)NCc3ccc(Oc4cccc5c4C(=O)NC(=O)C5)cc3)CC2)c2cc(C(N)=O)c(OC)cc12. The Morgan fingerprint density at radius 3 is 2.53 bits per heavy atom. The van der Waals surface area contributed by atoms with E-state index in [-0.39, 0.29) is 48.1 Å². The molecule has 1 aliphatic carbocycles. The number of halogens is 1. The van der Waals surface area contributed by atoms with Crippen LogP contribution in [0.25, 0.3) is 10.8 Å². The lowest BCUT2D eigenvalue weighted by Gasteiger charge is -2.29. The van der Waals surface area contributed by atoms with E-state index in [1.807, 2.05) is 19.1 Å². The molecule has 3 aliphatic rings. The molecular formula is C48H54FN7O8. The average Bonchev–Trinajstić information content (AvgIpc) is 3.56. The number of hydrogen-bond acceptors (Lipinski definition) is 10. The van der Waals surface area contributed by atoms with Crippen LogP contribution in [0.5, 0.6) is 23.1 Å². The van der Waals surface area contributed by atoms with Crippen LogP contribution in [0.4, 0.5) is 9.18 Å². The molecule has 6 N–H and O–H groups in total. The van der Waals surface area contributed by atoms with Crippen LogP contribution in [0, 0.1) is 29.6 Å². The Morgan fingerprint density at radius 2 is 1.80 bits per heavy atom. The second-order valence-corrected chi connectivity index (χ2v) is 16.6. The fourth-order valence-corrected chi connectivity index (χ4v) is 8.68. The zero-order valence-corrected chi connectivity index (χ0v) is 36.3. The van der Waals surface area contributed by atoms with Crippen LogP contribution in [0.2, 0.25) is 0 Å². The van der Waals surface area contributed by atoms with Gasteiger partial charge in [-0.1, -0.05) is 43.0 Å². The second kappa shape index (κ2) is 20.6. The van der Waals surface area contributed by atoms with Gasteiger partial charge in [-0.2, -0.15) is 0 Å². The van der Waals surface area contributed by atoms with Crippen molar-refractivity contribution >= 4 is 40.4 Å². The highest BCUT2D eigenvalue weighted by molar-refractivity contribution is 6.11. The number of hydrogen-bond donors (Lipinski definition) is 5. The van der Waals surface area contributed by atoms with Crippen molar-refractivity contribution in [3.05, 3.63) is 88.6 Å². The van der Waals surface area contributed by atoms with Gasteiger partial charge in [0.2, 0.25) is 11.8 Å². The summed E-state index contributed by atoms with van der Waals surface area (Å²) in [4.78, 5) is 67.9. The number of amides is 6. The third kappa shape index (κ3) is 10.9. The van der Waals surface area contributed by atoms with Crippen LogP contribution < -0.4 is 41.2 Å². The van der Waals surface area contributed by atoms with Gasteiger partial charge in [-0.05, 0) is 99.5 Å². The maximum atomic E-state index is 14.4. The first-order valence-corrected chi connectivity index (χ1v) is 21.7. The van der Waals surface area contributed by atoms with E-state index < -0.39 is 35.9 Å². The highest BCUT2D eigenvalue weighted by atomic mass is 19.1. The van der Waals surface area contributed by atoms with E-state index in [4.69, 9.17) is 19.9 Å². The molecule has 3 aromatic carbocycles. The van der Waals surface area contributed by atoms with Gasteiger partial charge >= 0.3 is 6.03 Å². The van der Waals surface area contributed by atoms with E-state index in [2.05, 4.69) is 50.0 Å². The van der Waals surface area contributed by atoms with Gasteiger partial charge in [0.05, 0.1) is 36.3 Å². The normalized spacial score (nSPS) is 20.4. The van der Waals surface area contributed by atoms with Crippen molar-refractivity contribution in [2.45, 2.75) is 70.6 Å². The number of benzene rings is 3. The van der Waals surface area contributed by atoms with Gasteiger partial charge in [0.1, 0.15) is 23.9 Å². The predicted octanol–water partition coefficient (Wildman–Crippen LogP) is 5.17. The highest BCUT2D eigenvalue weighted by Gasteiger charge is 2.42. The van der Waals surface area contributed by atoms with Gasteiger partial charge in [-0.25, -0.2) is 14.2 Å².